The Bertz CT molecular complexity index is 474. The molecular formula is C13H19ClN4O. The smallest absolute Gasteiger partial charge is 0.326 e. The van der Waals surface area contributed by atoms with Crippen LogP contribution in [-0.2, 0) is 6.42 Å². The summed E-state index contributed by atoms with van der Waals surface area (Å²) < 4.78 is 0. The first-order chi connectivity index (χ1) is 9.08. The summed E-state index contributed by atoms with van der Waals surface area (Å²) >= 11 is 6.12. The van der Waals surface area contributed by atoms with Crippen LogP contribution in [0, 0.1) is 0 Å². The molecule has 0 heterocycles. The van der Waals surface area contributed by atoms with E-state index in [1.165, 1.54) is 7.05 Å². The average molecular weight is 283 g/mol. The van der Waals surface area contributed by atoms with Gasteiger partial charge in [0, 0.05) is 7.05 Å². The summed E-state index contributed by atoms with van der Waals surface area (Å²) in [4.78, 5) is 15.4. The van der Waals surface area contributed by atoms with Gasteiger partial charge in [-0.2, -0.15) is 0 Å². The van der Waals surface area contributed by atoms with Gasteiger partial charge in [0.2, 0.25) is 0 Å². The molecule has 6 heteroatoms. The van der Waals surface area contributed by atoms with E-state index in [0.717, 1.165) is 24.8 Å². The van der Waals surface area contributed by atoms with Crippen molar-refractivity contribution < 1.29 is 4.79 Å². The van der Waals surface area contributed by atoms with Gasteiger partial charge in [-0.25, -0.2) is 4.79 Å². The third-order valence-corrected chi connectivity index (χ3v) is 2.94. The van der Waals surface area contributed by atoms with Crippen LogP contribution in [0.3, 0.4) is 0 Å². The van der Waals surface area contributed by atoms with E-state index < -0.39 is 6.03 Å². The van der Waals surface area contributed by atoms with E-state index in [0.29, 0.717) is 10.7 Å². The molecule has 0 aliphatic rings. The molecule has 1 aromatic rings. The van der Waals surface area contributed by atoms with Crippen molar-refractivity contribution in [3.63, 3.8) is 0 Å². The number of guanidine groups is 1. The van der Waals surface area contributed by atoms with Gasteiger partial charge in [0.15, 0.2) is 5.96 Å². The zero-order valence-electron chi connectivity index (χ0n) is 11.2. The van der Waals surface area contributed by atoms with Crippen LogP contribution < -0.4 is 16.4 Å². The summed E-state index contributed by atoms with van der Waals surface area (Å²) in [5.74, 6) is 0.0552. The van der Waals surface area contributed by atoms with Crippen LogP contribution in [0.2, 0.25) is 5.02 Å². The van der Waals surface area contributed by atoms with Crippen molar-refractivity contribution in [3.8, 4) is 0 Å². The number of hydrogen-bond donors (Lipinski definition) is 3. The molecule has 5 nitrogen and oxygen atoms in total. The summed E-state index contributed by atoms with van der Waals surface area (Å²) in [6, 6.07) is 5.12. The molecule has 4 N–H and O–H groups in total. The van der Waals surface area contributed by atoms with E-state index >= 15 is 0 Å². The number of anilines is 1. The first kappa shape index (κ1) is 15.3. The highest BCUT2D eigenvalue weighted by atomic mass is 35.5. The number of hydrogen-bond acceptors (Lipinski definition) is 2. The van der Waals surface area contributed by atoms with Crippen molar-refractivity contribution in [2.75, 3.05) is 12.4 Å². The predicted octanol–water partition coefficient (Wildman–Crippen LogP) is 2.75. The maximum atomic E-state index is 11.7. The molecule has 19 heavy (non-hydrogen) atoms. The maximum Gasteiger partial charge on any atom is 0.326 e. The van der Waals surface area contributed by atoms with Crippen LogP contribution in [0.25, 0.3) is 0 Å². The topological polar surface area (TPSA) is 79.5 Å². The highest BCUT2D eigenvalue weighted by Crippen LogP contribution is 2.27. The Morgan fingerprint density at radius 3 is 2.84 bits per heavy atom. The molecule has 0 aliphatic heterocycles. The van der Waals surface area contributed by atoms with Crippen molar-refractivity contribution in [2.24, 2.45) is 10.7 Å². The molecule has 0 atom stereocenters. The van der Waals surface area contributed by atoms with E-state index in [2.05, 4.69) is 22.5 Å². The summed E-state index contributed by atoms with van der Waals surface area (Å²) in [5.41, 5.74) is 7.06. The van der Waals surface area contributed by atoms with Gasteiger partial charge < -0.3 is 11.1 Å². The number of urea groups is 1. The zero-order chi connectivity index (χ0) is 14.3. The quantitative estimate of drug-likeness (QED) is 0.586. The van der Waals surface area contributed by atoms with Crippen molar-refractivity contribution in [3.05, 3.63) is 28.8 Å². The van der Waals surface area contributed by atoms with Crippen LogP contribution in [-0.4, -0.2) is 19.0 Å². The number of aliphatic imine (C=N–C) groups is 1. The first-order valence-corrected chi connectivity index (χ1v) is 6.54. The number of rotatable bonds is 4. The summed E-state index contributed by atoms with van der Waals surface area (Å²) in [5, 5.41) is 5.63. The molecule has 1 aromatic carbocycles. The number of halogens is 1. The second-order valence-corrected chi connectivity index (χ2v) is 4.47. The lowest BCUT2D eigenvalue weighted by atomic mass is 10.1. The molecule has 0 fully saturated rings. The van der Waals surface area contributed by atoms with Crippen molar-refractivity contribution in [1.29, 1.82) is 0 Å². The van der Waals surface area contributed by atoms with Gasteiger partial charge in [-0.05, 0) is 24.5 Å². The minimum absolute atomic E-state index is 0.0552. The zero-order valence-corrected chi connectivity index (χ0v) is 11.9. The molecule has 0 aromatic heterocycles. The molecule has 0 bridgehead atoms. The summed E-state index contributed by atoms with van der Waals surface area (Å²) in [6.07, 6.45) is 2.98. The number of amides is 2. The van der Waals surface area contributed by atoms with Crippen molar-refractivity contribution in [1.82, 2.24) is 5.32 Å². The minimum atomic E-state index is -0.450. The average Bonchev–Trinajstić information content (AvgIpc) is 2.39. The monoisotopic (exact) mass is 282 g/mol. The summed E-state index contributed by atoms with van der Waals surface area (Å²) in [6.45, 7) is 2.11. The van der Waals surface area contributed by atoms with Gasteiger partial charge in [-0.15, -0.1) is 0 Å². The molecule has 0 unspecified atom stereocenters. The van der Waals surface area contributed by atoms with Crippen molar-refractivity contribution in [2.45, 2.75) is 26.2 Å². The van der Waals surface area contributed by atoms with E-state index in [4.69, 9.17) is 17.3 Å². The number of nitrogens with zero attached hydrogens (tertiary/aromatic N) is 1. The fourth-order valence-corrected chi connectivity index (χ4v) is 1.84. The Morgan fingerprint density at radius 1 is 1.47 bits per heavy atom. The van der Waals surface area contributed by atoms with Gasteiger partial charge in [0.05, 0.1) is 10.7 Å². The summed E-state index contributed by atoms with van der Waals surface area (Å²) in [7, 11) is 1.50. The Balaban J connectivity index is 2.83. The van der Waals surface area contributed by atoms with Crippen LogP contribution >= 0.6 is 11.6 Å². The lowest BCUT2D eigenvalue weighted by Crippen LogP contribution is -2.39. The number of para-hydroxylation sites is 1. The SMILES string of the molecule is CCCCc1cccc(Cl)c1NC(=O)NC(N)=NC. The Morgan fingerprint density at radius 2 is 2.21 bits per heavy atom. The molecule has 2 amide bonds. The molecule has 0 saturated carbocycles. The van der Waals surface area contributed by atoms with E-state index in [-0.39, 0.29) is 5.96 Å². The first-order valence-electron chi connectivity index (χ1n) is 6.16. The standard InChI is InChI=1S/C13H19ClN4O/c1-3-4-6-9-7-5-8-10(14)11(9)17-13(19)18-12(15)16-2/h5,7-8H,3-4,6H2,1-2H3,(H4,15,16,17,18,19). The molecule has 0 spiro atoms. The Hall–Kier alpha value is -1.75. The molecule has 0 radical (unpaired) electrons. The third kappa shape index (κ3) is 4.79. The largest absolute Gasteiger partial charge is 0.370 e. The fourth-order valence-electron chi connectivity index (χ4n) is 1.60. The number of nitrogens with one attached hydrogen (secondary N) is 2. The lowest BCUT2D eigenvalue weighted by molar-refractivity contribution is 0.256. The maximum absolute atomic E-state index is 11.7. The third-order valence-electron chi connectivity index (χ3n) is 2.62. The van der Waals surface area contributed by atoms with Crippen LogP contribution in [0.1, 0.15) is 25.3 Å². The second-order valence-electron chi connectivity index (χ2n) is 4.07. The van der Waals surface area contributed by atoms with Crippen LogP contribution in [0.15, 0.2) is 23.2 Å². The number of nitrogens with two attached hydrogens (primary N) is 1. The molecule has 1 rings (SSSR count). The normalized spacial score (nSPS) is 11.2. The minimum Gasteiger partial charge on any atom is -0.370 e. The predicted molar refractivity (Wildman–Crippen MR) is 79.8 cm³/mol. The van der Waals surface area contributed by atoms with Gasteiger partial charge in [-0.1, -0.05) is 37.1 Å². The molecular weight excluding hydrogens is 264 g/mol. The number of carbonyl (C=O) groups excluding carboxylic acids is 1. The fraction of sp³-hybridized carbons (Fsp3) is 0.385. The number of aryl methyl sites for hydroxylation is 1. The number of unbranched alkanes of at least 4 members (excludes halogenated alkanes) is 1. The number of benzene rings is 1. The van der Waals surface area contributed by atoms with Crippen LogP contribution in [0.4, 0.5) is 10.5 Å². The van der Waals surface area contributed by atoms with Gasteiger partial charge >= 0.3 is 6.03 Å². The lowest BCUT2D eigenvalue weighted by Gasteiger charge is -2.13. The Kier molecular flexibility index (Phi) is 6.15. The van der Waals surface area contributed by atoms with E-state index in [1.807, 2.05) is 12.1 Å². The van der Waals surface area contributed by atoms with Crippen molar-refractivity contribution >= 4 is 29.3 Å². The Labute approximate surface area is 118 Å². The van der Waals surface area contributed by atoms with E-state index in [1.54, 1.807) is 6.07 Å². The molecule has 104 valence electrons. The highest BCUT2D eigenvalue weighted by molar-refractivity contribution is 6.34. The van der Waals surface area contributed by atoms with Gasteiger partial charge in [-0.3, -0.25) is 10.3 Å². The van der Waals surface area contributed by atoms with Crippen LogP contribution in [0.5, 0.6) is 0 Å². The van der Waals surface area contributed by atoms with Gasteiger partial charge in [0.1, 0.15) is 0 Å². The number of carbonyl (C=O) groups is 1. The molecule has 0 aliphatic carbocycles. The van der Waals surface area contributed by atoms with E-state index in [9.17, 15) is 4.79 Å². The second kappa shape index (κ2) is 7.63. The molecule has 0 saturated heterocycles. The highest BCUT2D eigenvalue weighted by Gasteiger charge is 2.10. The van der Waals surface area contributed by atoms with Gasteiger partial charge in [0.25, 0.3) is 0 Å².